The lowest BCUT2D eigenvalue weighted by atomic mass is 10.5. The van der Waals surface area contributed by atoms with Crippen molar-refractivity contribution in [3.63, 3.8) is 0 Å². The van der Waals surface area contributed by atoms with E-state index in [0.29, 0.717) is 10.8 Å². The molecule has 16 heavy (non-hydrogen) atoms. The van der Waals surface area contributed by atoms with Crippen molar-refractivity contribution in [2.45, 2.75) is 0 Å². The molecular weight excluding hydrogens is 266 g/mol. The molecule has 0 aliphatic carbocycles. The van der Waals surface area contributed by atoms with E-state index in [1.54, 1.807) is 13.3 Å². The fourth-order valence-corrected chi connectivity index (χ4v) is 2.13. The van der Waals surface area contributed by atoms with Gasteiger partial charge in [-0.05, 0) is 12.2 Å². The van der Waals surface area contributed by atoms with Crippen LogP contribution in [0.1, 0.15) is 5.69 Å². The molecule has 2 heterocycles. The van der Waals surface area contributed by atoms with E-state index in [4.69, 9.17) is 29.6 Å². The molecule has 2 N–H and O–H groups in total. The highest BCUT2D eigenvalue weighted by molar-refractivity contribution is 7.80. The van der Waals surface area contributed by atoms with Gasteiger partial charge in [0.1, 0.15) is 5.69 Å². The Balaban J connectivity index is 2.36. The molecular formula is C8H8ClN5S2. The highest BCUT2D eigenvalue weighted by Crippen LogP contribution is 2.19. The molecule has 0 bridgehead atoms. The van der Waals surface area contributed by atoms with Gasteiger partial charge >= 0.3 is 0 Å². The highest BCUT2D eigenvalue weighted by Gasteiger charge is 2.09. The summed E-state index contributed by atoms with van der Waals surface area (Å²) in [4.78, 5) is 4.99. The quantitative estimate of drug-likeness (QED) is 0.512. The molecule has 8 heteroatoms. The minimum Gasteiger partial charge on any atom is -0.375 e. The molecule has 5 nitrogen and oxygen atoms in total. The average Bonchev–Trinajstić information content (AvgIpc) is 2.75. The maximum absolute atomic E-state index is 5.97. The first-order valence-electron chi connectivity index (χ1n) is 4.28. The number of halogens is 1. The number of thiazole rings is 1. The number of hydrazone groups is 1. The van der Waals surface area contributed by atoms with E-state index in [-0.39, 0.29) is 5.11 Å². The van der Waals surface area contributed by atoms with Crippen LogP contribution >= 0.6 is 35.2 Å². The van der Waals surface area contributed by atoms with Crippen molar-refractivity contribution in [1.82, 2.24) is 14.4 Å². The van der Waals surface area contributed by atoms with Gasteiger partial charge in [0.25, 0.3) is 0 Å². The summed E-state index contributed by atoms with van der Waals surface area (Å²) in [6, 6.07) is 0. The molecule has 0 aromatic carbocycles. The van der Waals surface area contributed by atoms with Gasteiger partial charge < -0.3 is 5.73 Å². The molecule has 2 aromatic heterocycles. The van der Waals surface area contributed by atoms with Crippen LogP contribution in [0.5, 0.6) is 0 Å². The number of rotatable bonds is 2. The van der Waals surface area contributed by atoms with Crippen LogP contribution in [0, 0.1) is 0 Å². The first kappa shape index (κ1) is 11.3. The molecule has 2 aromatic rings. The zero-order chi connectivity index (χ0) is 11.7. The van der Waals surface area contributed by atoms with Crippen LogP contribution in [0.4, 0.5) is 0 Å². The van der Waals surface area contributed by atoms with Gasteiger partial charge in [-0.2, -0.15) is 5.10 Å². The van der Waals surface area contributed by atoms with E-state index < -0.39 is 0 Å². The molecule has 0 saturated heterocycles. The molecule has 84 valence electrons. The number of fused-ring (bicyclic) bond motifs is 1. The van der Waals surface area contributed by atoms with Crippen LogP contribution in [0.2, 0.25) is 5.15 Å². The molecule has 0 amide bonds. The maximum Gasteiger partial charge on any atom is 0.195 e. The van der Waals surface area contributed by atoms with Gasteiger partial charge in [-0.15, -0.1) is 11.3 Å². The van der Waals surface area contributed by atoms with Crippen LogP contribution in [0.15, 0.2) is 16.7 Å². The van der Waals surface area contributed by atoms with Crippen LogP contribution in [-0.2, 0) is 0 Å². The second-order valence-electron chi connectivity index (χ2n) is 2.95. The van der Waals surface area contributed by atoms with Crippen molar-refractivity contribution >= 4 is 51.4 Å². The van der Waals surface area contributed by atoms with Gasteiger partial charge in [-0.1, -0.05) is 11.6 Å². The Morgan fingerprint density at radius 3 is 3.25 bits per heavy atom. The Kier molecular flexibility index (Phi) is 3.08. The first-order valence-corrected chi connectivity index (χ1v) is 5.94. The summed E-state index contributed by atoms with van der Waals surface area (Å²) in [6.07, 6.45) is 3.45. The standard InChI is InChI=1S/C8H8ClN5S2/c1-13(7(10)15)11-4-5-6(9)12-8-14(5)2-3-16-8/h2-4H,1H3,(H2,10,15)/b11-4+. The van der Waals surface area contributed by atoms with Crippen LogP contribution < -0.4 is 5.73 Å². The third-order valence-corrected chi connectivity index (χ3v) is 3.23. The summed E-state index contributed by atoms with van der Waals surface area (Å²) in [5, 5.41) is 7.97. The zero-order valence-corrected chi connectivity index (χ0v) is 10.7. The predicted octanol–water partition coefficient (Wildman–Crippen LogP) is 1.56. The Bertz CT molecular complexity index is 558. The van der Waals surface area contributed by atoms with Crippen LogP contribution in [-0.4, -0.2) is 32.8 Å². The minimum absolute atomic E-state index is 0.193. The summed E-state index contributed by atoms with van der Waals surface area (Å²) < 4.78 is 1.85. The van der Waals surface area contributed by atoms with Crippen molar-refractivity contribution in [3.05, 3.63) is 22.4 Å². The zero-order valence-electron chi connectivity index (χ0n) is 8.29. The van der Waals surface area contributed by atoms with Gasteiger partial charge in [-0.3, -0.25) is 4.40 Å². The monoisotopic (exact) mass is 273 g/mol. The molecule has 0 aliphatic rings. The average molecular weight is 274 g/mol. The number of hydrogen-bond acceptors (Lipinski definition) is 4. The van der Waals surface area contributed by atoms with Crippen molar-refractivity contribution < 1.29 is 0 Å². The predicted molar refractivity (Wildman–Crippen MR) is 70.2 cm³/mol. The van der Waals surface area contributed by atoms with Gasteiger partial charge in [0.2, 0.25) is 0 Å². The largest absolute Gasteiger partial charge is 0.375 e. The van der Waals surface area contributed by atoms with Gasteiger partial charge in [-0.25, -0.2) is 9.99 Å². The minimum atomic E-state index is 0.193. The van der Waals surface area contributed by atoms with E-state index in [0.717, 1.165) is 4.96 Å². The SMILES string of the molecule is CN(/N=C/c1c(Cl)nc2sccn12)C(N)=S. The molecule has 0 radical (unpaired) electrons. The van der Waals surface area contributed by atoms with E-state index in [9.17, 15) is 0 Å². The normalized spacial score (nSPS) is 11.4. The molecule has 0 spiro atoms. The lowest BCUT2D eigenvalue weighted by Crippen LogP contribution is -2.27. The fraction of sp³-hybridized carbons (Fsp3) is 0.125. The van der Waals surface area contributed by atoms with Gasteiger partial charge in [0.05, 0.1) is 6.21 Å². The van der Waals surface area contributed by atoms with Crippen molar-refractivity contribution in [1.29, 1.82) is 0 Å². The summed E-state index contributed by atoms with van der Waals surface area (Å²) in [5.74, 6) is 0. The van der Waals surface area contributed by atoms with Gasteiger partial charge in [0.15, 0.2) is 15.2 Å². The summed E-state index contributed by atoms with van der Waals surface area (Å²) >= 11 is 12.2. The second kappa shape index (κ2) is 4.36. The Labute approximate surface area is 106 Å². The van der Waals surface area contributed by atoms with E-state index in [1.165, 1.54) is 16.3 Å². The smallest absolute Gasteiger partial charge is 0.195 e. The third-order valence-electron chi connectivity index (χ3n) is 1.93. The van der Waals surface area contributed by atoms with Crippen molar-refractivity contribution in [2.24, 2.45) is 10.8 Å². The molecule has 2 rings (SSSR count). The second-order valence-corrected chi connectivity index (χ2v) is 4.60. The third kappa shape index (κ3) is 2.01. The number of nitrogens with zero attached hydrogens (tertiary/aromatic N) is 4. The van der Waals surface area contributed by atoms with E-state index in [2.05, 4.69) is 10.1 Å². The van der Waals surface area contributed by atoms with Crippen molar-refractivity contribution in [3.8, 4) is 0 Å². The number of imidazole rings is 1. The molecule has 0 fully saturated rings. The molecule has 0 saturated carbocycles. The lowest BCUT2D eigenvalue weighted by molar-refractivity contribution is 0.552. The lowest BCUT2D eigenvalue weighted by Gasteiger charge is -2.08. The van der Waals surface area contributed by atoms with E-state index >= 15 is 0 Å². The Morgan fingerprint density at radius 1 is 1.81 bits per heavy atom. The van der Waals surface area contributed by atoms with Gasteiger partial charge in [0, 0.05) is 18.6 Å². The molecule has 0 atom stereocenters. The summed E-state index contributed by atoms with van der Waals surface area (Å²) in [5.41, 5.74) is 6.11. The van der Waals surface area contributed by atoms with Crippen LogP contribution in [0.25, 0.3) is 4.96 Å². The van der Waals surface area contributed by atoms with E-state index in [1.807, 2.05) is 16.0 Å². The van der Waals surface area contributed by atoms with Crippen molar-refractivity contribution in [2.75, 3.05) is 7.05 Å². The fourth-order valence-electron chi connectivity index (χ4n) is 1.09. The maximum atomic E-state index is 5.97. The number of aromatic nitrogens is 2. The van der Waals surface area contributed by atoms with Crippen LogP contribution in [0.3, 0.4) is 0 Å². The Hall–Kier alpha value is -1.18. The first-order chi connectivity index (χ1) is 7.59. The highest BCUT2D eigenvalue weighted by atomic mass is 35.5. The number of thiocarbonyl (C=S) groups is 1. The number of hydrogen-bond donors (Lipinski definition) is 1. The Morgan fingerprint density at radius 2 is 2.56 bits per heavy atom. The molecule has 0 aliphatic heterocycles. The topological polar surface area (TPSA) is 58.9 Å². The summed E-state index contributed by atoms with van der Waals surface area (Å²) in [7, 11) is 1.67. The summed E-state index contributed by atoms with van der Waals surface area (Å²) in [6.45, 7) is 0. The molecule has 0 unspecified atom stereocenters. The number of nitrogens with two attached hydrogens (primary N) is 1.